The number of anilines is 1. The molecule has 7 heteroatoms. The monoisotopic (exact) mass is 279 g/mol. The van der Waals surface area contributed by atoms with E-state index in [4.69, 9.17) is 0 Å². The summed E-state index contributed by atoms with van der Waals surface area (Å²) in [5.41, 5.74) is -0.0654. The van der Waals surface area contributed by atoms with Crippen LogP contribution in [0.15, 0.2) is 46.3 Å². The van der Waals surface area contributed by atoms with Gasteiger partial charge in [0.1, 0.15) is 5.82 Å². The van der Waals surface area contributed by atoms with Gasteiger partial charge in [-0.2, -0.15) is 0 Å². The zero-order valence-corrected chi connectivity index (χ0v) is 10.5. The summed E-state index contributed by atoms with van der Waals surface area (Å²) in [5, 5.41) is 3.11. The van der Waals surface area contributed by atoms with Crippen LogP contribution in [0, 0.1) is 5.82 Å². The van der Waals surface area contributed by atoms with Crippen molar-refractivity contribution in [1.82, 2.24) is 9.97 Å². The minimum Gasteiger partial charge on any atom is -0.325 e. The minimum absolute atomic E-state index is 0.108. The van der Waals surface area contributed by atoms with E-state index in [1.54, 1.807) is 12.1 Å². The van der Waals surface area contributed by atoms with E-state index in [1.807, 2.05) is 0 Å². The fraction of sp³-hybridized carbons (Fsp3) is 0.0833. The van der Waals surface area contributed by atoms with Gasteiger partial charge in [-0.3, -0.25) is 4.79 Å². The van der Waals surface area contributed by atoms with Crippen molar-refractivity contribution in [3.8, 4) is 0 Å². The maximum absolute atomic E-state index is 12.9. The van der Waals surface area contributed by atoms with E-state index < -0.39 is 11.5 Å². The van der Waals surface area contributed by atoms with Crippen LogP contribution in [0.2, 0.25) is 0 Å². The highest BCUT2D eigenvalue weighted by atomic mass is 32.2. The number of amides is 1. The molecule has 98 valence electrons. The first-order chi connectivity index (χ1) is 9.13. The van der Waals surface area contributed by atoms with Crippen molar-refractivity contribution in [3.63, 3.8) is 0 Å². The van der Waals surface area contributed by atoms with E-state index in [-0.39, 0.29) is 11.7 Å². The summed E-state index contributed by atoms with van der Waals surface area (Å²) in [6, 6.07) is 7.24. The lowest BCUT2D eigenvalue weighted by molar-refractivity contribution is -0.113. The fourth-order valence-corrected chi connectivity index (χ4v) is 2.02. The molecule has 1 aromatic heterocycles. The molecule has 19 heavy (non-hydrogen) atoms. The van der Waals surface area contributed by atoms with Gasteiger partial charge in [0.25, 0.3) is 0 Å². The first-order valence-corrected chi connectivity index (χ1v) is 6.35. The average molecular weight is 279 g/mol. The van der Waals surface area contributed by atoms with Crippen molar-refractivity contribution < 1.29 is 9.18 Å². The van der Waals surface area contributed by atoms with Crippen LogP contribution in [0.1, 0.15) is 0 Å². The van der Waals surface area contributed by atoms with Gasteiger partial charge in [-0.1, -0.05) is 17.8 Å². The topological polar surface area (TPSA) is 74.8 Å². The van der Waals surface area contributed by atoms with Gasteiger partial charge in [0.2, 0.25) is 5.91 Å². The highest BCUT2D eigenvalue weighted by Gasteiger charge is 2.04. The van der Waals surface area contributed by atoms with Crippen LogP contribution >= 0.6 is 11.8 Å². The summed E-state index contributed by atoms with van der Waals surface area (Å²) in [6.45, 7) is 0. The summed E-state index contributed by atoms with van der Waals surface area (Å²) in [5.74, 6) is -0.589. The molecule has 0 unspecified atom stereocenters. The molecular formula is C12H10FN3O2S. The first-order valence-electron chi connectivity index (χ1n) is 5.37. The van der Waals surface area contributed by atoms with Gasteiger partial charge in [-0.25, -0.2) is 14.2 Å². The summed E-state index contributed by atoms with van der Waals surface area (Å²) >= 11 is 1.16. The van der Waals surface area contributed by atoms with Crippen molar-refractivity contribution >= 4 is 23.4 Å². The number of aromatic amines is 1. The van der Waals surface area contributed by atoms with Crippen LogP contribution < -0.4 is 11.0 Å². The van der Waals surface area contributed by atoms with Crippen LogP contribution in [-0.2, 0) is 4.79 Å². The Labute approximate surface area is 112 Å². The first kappa shape index (κ1) is 13.3. The van der Waals surface area contributed by atoms with Crippen LogP contribution in [-0.4, -0.2) is 21.6 Å². The van der Waals surface area contributed by atoms with Gasteiger partial charge >= 0.3 is 5.69 Å². The number of halogens is 1. The molecule has 5 nitrogen and oxygen atoms in total. The lowest BCUT2D eigenvalue weighted by Gasteiger charge is -2.04. The standard InChI is InChI=1S/C12H10FN3O2S/c13-8-2-1-3-9(6-8)15-10(17)7-19-11-4-5-14-12(18)16-11/h1-6H,7H2,(H,15,17)(H,14,16,18). The SMILES string of the molecule is O=C(CSc1ccnc(=O)[nH]1)Nc1cccc(F)c1. The van der Waals surface area contributed by atoms with Gasteiger partial charge < -0.3 is 10.3 Å². The number of benzene rings is 1. The van der Waals surface area contributed by atoms with Gasteiger partial charge in [0, 0.05) is 11.9 Å². The quantitative estimate of drug-likeness (QED) is 0.659. The van der Waals surface area contributed by atoms with Crippen molar-refractivity contribution in [3.05, 3.63) is 52.8 Å². The Kier molecular flexibility index (Phi) is 4.30. The second kappa shape index (κ2) is 6.14. The maximum Gasteiger partial charge on any atom is 0.345 e. The Morgan fingerprint density at radius 2 is 2.26 bits per heavy atom. The normalized spacial score (nSPS) is 10.2. The maximum atomic E-state index is 12.9. The molecular weight excluding hydrogens is 269 g/mol. The number of rotatable bonds is 4. The van der Waals surface area contributed by atoms with E-state index in [9.17, 15) is 14.0 Å². The van der Waals surface area contributed by atoms with E-state index in [2.05, 4.69) is 15.3 Å². The third kappa shape index (κ3) is 4.22. The third-order valence-corrected chi connectivity index (χ3v) is 3.07. The fourth-order valence-electron chi connectivity index (χ4n) is 1.34. The van der Waals surface area contributed by atoms with Crippen LogP contribution in [0.25, 0.3) is 0 Å². The zero-order valence-electron chi connectivity index (χ0n) is 9.72. The van der Waals surface area contributed by atoms with Crippen molar-refractivity contribution in [2.75, 3.05) is 11.1 Å². The molecule has 2 rings (SSSR count). The van der Waals surface area contributed by atoms with E-state index in [0.717, 1.165) is 11.8 Å². The molecule has 0 saturated carbocycles. The van der Waals surface area contributed by atoms with Gasteiger partial charge in [0.15, 0.2) is 0 Å². The molecule has 2 N–H and O–H groups in total. The predicted molar refractivity (Wildman–Crippen MR) is 70.6 cm³/mol. The van der Waals surface area contributed by atoms with Crippen LogP contribution in [0.3, 0.4) is 0 Å². The van der Waals surface area contributed by atoms with Gasteiger partial charge in [0.05, 0.1) is 10.8 Å². The van der Waals surface area contributed by atoms with E-state index in [0.29, 0.717) is 10.7 Å². The smallest absolute Gasteiger partial charge is 0.325 e. The predicted octanol–water partition coefficient (Wildman–Crippen LogP) is 1.64. The molecule has 1 heterocycles. The number of thioether (sulfide) groups is 1. The van der Waals surface area contributed by atoms with E-state index >= 15 is 0 Å². The lowest BCUT2D eigenvalue weighted by atomic mass is 10.3. The molecule has 0 spiro atoms. The summed E-state index contributed by atoms with van der Waals surface area (Å²) in [7, 11) is 0. The molecule has 0 fully saturated rings. The summed E-state index contributed by atoms with van der Waals surface area (Å²) < 4.78 is 12.9. The molecule has 0 aliphatic heterocycles. The second-order valence-electron chi connectivity index (χ2n) is 3.59. The van der Waals surface area contributed by atoms with Gasteiger partial charge in [-0.15, -0.1) is 0 Å². The largest absolute Gasteiger partial charge is 0.345 e. The Bertz CT molecular complexity index is 645. The lowest BCUT2D eigenvalue weighted by Crippen LogP contribution is -2.15. The Morgan fingerprint density at radius 3 is 3.00 bits per heavy atom. The third-order valence-electron chi connectivity index (χ3n) is 2.11. The number of nitrogens with one attached hydrogen (secondary N) is 2. The highest BCUT2D eigenvalue weighted by Crippen LogP contribution is 2.14. The molecule has 2 aromatic rings. The Morgan fingerprint density at radius 1 is 1.42 bits per heavy atom. The molecule has 1 aromatic carbocycles. The second-order valence-corrected chi connectivity index (χ2v) is 4.60. The number of H-pyrrole nitrogens is 1. The summed E-state index contributed by atoms with van der Waals surface area (Å²) in [6.07, 6.45) is 1.37. The molecule has 0 atom stereocenters. The number of hydrogen-bond acceptors (Lipinski definition) is 4. The molecule has 0 bridgehead atoms. The highest BCUT2D eigenvalue weighted by molar-refractivity contribution is 7.99. The summed E-state index contributed by atoms with van der Waals surface area (Å²) in [4.78, 5) is 28.5. The Balaban J connectivity index is 1.90. The van der Waals surface area contributed by atoms with Crippen LogP contribution in [0.4, 0.5) is 10.1 Å². The zero-order chi connectivity index (χ0) is 13.7. The average Bonchev–Trinajstić information content (AvgIpc) is 2.36. The number of aromatic nitrogens is 2. The van der Waals surface area contributed by atoms with Gasteiger partial charge in [-0.05, 0) is 24.3 Å². The van der Waals surface area contributed by atoms with Crippen molar-refractivity contribution in [2.24, 2.45) is 0 Å². The minimum atomic E-state index is -0.462. The number of carbonyl (C=O) groups excluding carboxylic acids is 1. The van der Waals surface area contributed by atoms with Crippen molar-refractivity contribution in [2.45, 2.75) is 5.03 Å². The molecule has 0 saturated heterocycles. The van der Waals surface area contributed by atoms with Crippen molar-refractivity contribution in [1.29, 1.82) is 0 Å². The number of nitrogens with zero attached hydrogens (tertiary/aromatic N) is 1. The number of hydrogen-bond donors (Lipinski definition) is 2. The number of carbonyl (C=O) groups is 1. The Hall–Kier alpha value is -2.15. The molecule has 1 amide bonds. The van der Waals surface area contributed by atoms with E-state index in [1.165, 1.54) is 24.4 Å². The molecule has 0 aliphatic carbocycles. The van der Waals surface area contributed by atoms with Crippen LogP contribution in [0.5, 0.6) is 0 Å². The molecule has 0 aliphatic rings. The molecule has 0 radical (unpaired) electrons.